The maximum absolute atomic E-state index is 11.2. The second-order valence-electron chi connectivity index (χ2n) is 2.33. The lowest BCUT2D eigenvalue weighted by Gasteiger charge is -2.05. The van der Waals surface area contributed by atoms with Crippen LogP contribution in [0.5, 0.6) is 0 Å². The topological polar surface area (TPSA) is 42.3 Å². The highest BCUT2D eigenvalue weighted by atomic mass is 16.1. The number of carbonyl (C=O) groups excluding carboxylic acids is 1. The third kappa shape index (κ3) is 0.941. The summed E-state index contributed by atoms with van der Waals surface area (Å²) < 4.78 is 0. The molecule has 0 unspecified atom stereocenters. The Morgan fingerprint density at radius 3 is 3.18 bits per heavy atom. The van der Waals surface area contributed by atoms with Crippen molar-refractivity contribution >= 4 is 17.7 Å². The van der Waals surface area contributed by atoms with E-state index in [9.17, 15) is 4.79 Å². The molecule has 1 aromatic rings. The Bertz CT molecular complexity index is 331. The van der Waals surface area contributed by atoms with E-state index in [4.69, 9.17) is 0 Å². The second-order valence-corrected chi connectivity index (χ2v) is 2.33. The van der Waals surface area contributed by atoms with E-state index >= 15 is 0 Å². The summed E-state index contributed by atoms with van der Waals surface area (Å²) in [6.45, 7) is 0. The van der Waals surface area contributed by atoms with E-state index in [-0.39, 0.29) is 5.78 Å². The Morgan fingerprint density at radius 1 is 1.45 bits per heavy atom. The first-order chi connectivity index (χ1) is 5.38. The van der Waals surface area contributed by atoms with Gasteiger partial charge in [-0.3, -0.25) is 14.8 Å². The van der Waals surface area contributed by atoms with Gasteiger partial charge in [0.25, 0.3) is 0 Å². The van der Waals surface area contributed by atoms with Gasteiger partial charge in [-0.25, -0.2) is 0 Å². The summed E-state index contributed by atoms with van der Waals surface area (Å²) in [5.41, 5.74) is 1.37. The van der Waals surface area contributed by atoms with Crippen molar-refractivity contribution in [2.24, 2.45) is 4.99 Å². The maximum atomic E-state index is 11.2. The Morgan fingerprint density at radius 2 is 2.36 bits per heavy atom. The first-order valence-electron chi connectivity index (χ1n) is 3.37. The van der Waals surface area contributed by atoms with Crippen molar-refractivity contribution in [3.63, 3.8) is 0 Å². The van der Waals surface area contributed by atoms with Gasteiger partial charge >= 0.3 is 0 Å². The molecule has 1 aliphatic heterocycles. The van der Waals surface area contributed by atoms with Crippen molar-refractivity contribution in [1.29, 1.82) is 0 Å². The van der Waals surface area contributed by atoms with E-state index in [1.807, 2.05) is 0 Å². The third-order valence-electron chi connectivity index (χ3n) is 1.61. The molecule has 1 aromatic heterocycles. The van der Waals surface area contributed by atoms with E-state index in [1.54, 1.807) is 24.7 Å². The highest BCUT2D eigenvalue weighted by Crippen LogP contribution is 2.21. The van der Waals surface area contributed by atoms with Crippen LogP contribution in [0.15, 0.2) is 23.5 Å². The Hall–Kier alpha value is -1.51. The fraction of sp³-hybridized carbons (Fsp3) is 0.125. The average Bonchev–Trinajstić information content (AvgIpc) is 2.06. The van der Waals surface area contributed by atoms with Crippen LogP contribution in [-0.2, 0) is 0 Å². The third-order valence-corrected chi connectivity index (χ3v) is 1.61. The molecule has 0 fully saturated rings. The molecule has 0 bridgehead atoms. The smallest absolute Gasteiger partial charge is 0.171 e. The van der Waals surface area contributed by atoms with Gasteiger partial charge in [-0.05, 0) is 6.07 Å². The number of ketones is 1. The van der Waals surface area contributed by atoms with Gasteiger partial charge in [0.15, 0.2) is 5.78 Å². The molecule has 0 aliphatic carbocycles. The number of pyridine rings is 1. The lowest BCUT2D eigenvalue weighted by Crippen LogP contribution is -2.04. The van der Waals surface area contributed by atoms with Crippen LogP contribution in [0.4, 0.5) is 5.69 Å². The number of fused-ring (bicyclic) bond motifs is 1. The van der Waals surface area contributed by atoms with Crippen LogP contribution in [0, 0.1) is 0 Å². The number of aromatic nitrogens is 1. The highest BCUT2D eigenvalue weighted by Gasteiger charge is 2.12. The zero-order valence-electron chi connectivity index (χ0n) is 5.82. The minimum Gasteiger partial charge on any atom is -0.294 e. The van der Waals surface area contributed by atoms with Crippen LogP contribution < -0.4 is 0 Å². The van der Waals surface area contributed by atoms with Gasteiger partial charge in [-0.1, -0.05) is 0 Å². The van der Waals surface area contributed by atoms with Crippen molar-refractivity contribution in [2.45, 2.75) is 6.42 Å². The molecule has 0 amide bonds. The van der Waals surface area contributed by atoms with Crippen LogP contribution in [0.25, 0.3) is 0 Å². The van der Waals surface area contributed by atoms with E-state index in [0.29, 0.717) is 12.0 Å². The van der Waals surface area contributed by atoms with Crippen LogP contribution in [0.3, 0.4) is 0 Å². The maximum Gasteiger partial charge on any atom is 0.171 e. The molecule has 0 saturated carbocycles. The van der Waals surface area contributed by atoms with Gasteiger partial charge in [0.05, 0.1) is 11.3 Å². The number of nitrogens with zero attached hydrogens (tertiary/aromatic N) is 2. The van der Waals surface area contributed by atoms with Crippen molar-refractivity contribution in [2.75, 3.05) is 0 Å². The summed E-state index contributed by atoms with van der Waals surface area (Å²) in [6.07, 6.45) is 5.23. The predicted molar refractivity (Wildman–Crippen MR) is 41.3 cm³/mol. The van der Waals surface area contributed by atoms with E-state index in [2.05, 4.69) is 9.98 Å². The van der Waals surface area contributed by atoms with Gasteiger partial charge < -0.3 is 0 Å². The fourth-order valence-electron chi connectivity index (χ4n) is 1.05. The van der Waals surface area contributed by atoms with Gasteiger partial charge in [0.2, 0.25) is 0 Å². The fourth-order valence-corrected chi connectivity index (χ4v) is 1.05. The summed E-state index contributed by atoms with van der Waals surface area (Å²) >= 11 is 0. The minimum absolute atomic E-state index is 0.100. The highest BCUT2D eigenvalue weighted by molar-refractivity contribution is 6.09. The van der Waals surface area contributed by atoms with Crippen LogP contribution in [-0.4, -0.2) is 17.0 Å². The number of rotatable bonds is 0. The van der Waals surface area contributed by atoms with Crippen molar-refractivity contribution in [3.8, 4) is 0 Å². The predicted octanol–water partition coefficient (Wildman–Crippen LogP) is 1.37. The molecule has 0 atom stereocenters. The summed E-state index contributed by atoms with van der Waals surface area (Å²) in [6, 6.07) is 1.74. The molecule has 54 valence electrons. The number of Topliss-reactive ketones (excluding diaryl/α,β-unsaturated/α-hetero) is 1. The molecule has 2 rings (SSSR count). The summed E-state index contributed by atoms with van der Waals surface area (Å²) in [5, 5.41) is 0. The minimum atomic E-state index is 0.100. The standard InChI is InChI=1S/C8H6N2O/c11-8-2-4-10-7-1-3-9-5-6(7)8/h1,3-5H,2H2. The molecular formula is C8H6N2O. The molecule has 3 nitrogen and oxygen atoms in total. The molecule has 3 heteroatoms. The average molecular weight is 146 g/mol. The molecule has 0 N–H and O–H groups in total. The summed E-state index contributed by atoms with van der Waals surface area (Å²) in [7, 11) is 0. The lowest BCUT2D eigenvalue weighted by atomic mass is 10.1. The van der Waals surface area contributed by atoms with E-state index in [1.165, 1.54) is 0 Å². The normalized spacial score (nSPS) is 14.7. The quantitative estimate of drug-likeness (QED) is 0.554. The largest absolute Gasteiger partial charge is 0.294 e. The summed E-state index contributed by atoms with van der Waals surface area (Å²) in [5.74, 6) is 0.100. The Kier molecular flexibility index (Phi) is 1.28. The Labute approximate surface area is 63.8 Å². The van der Waals surface area contributed by atoms with E-state index in [0.717, 1.165) is 5.69 Å². The lowest BCUT2D eigenvalue weighted by molar-refractivity contribution is 0.100. The van der Waals surface area contributed by atoms with Crippen LogP contribution in [0.2, 0.25) is 0 Å². The number of hydrogen-bond acceptors (Lipinski definition) is 3. The Balaban J connectivity index is 2.63. The number of hydrogen-bond donors (Lipinski definition) is 0. The van der Waals surface area contributed by atoms with Gasteiger partial charge in [0, 0.05) is 25.0 Å². The first kappa shape index (κ1) is 6.22. The molecular weight excluding hydrogens is 140 g/mol. The molecule has 2 heterocycles. The van der Waals surface area contributed by atoms with Crippen LogP contribution >= 0.6 is 0 Å². The number of carbonyl (C=O) groups is 1. The molecule has 11 heavy (non-hydrogen) atoms. The molecule has 0 radical (unpaired) electrons. The monoisotopic (exact) mass is 146 g/mol. The van der Waals surface area contributed by atoms with Crippen molar-refractivity contribution < 1.29 is 4.79 Å². The van der Waals surface area contributed by atoms with Gasteiger partial charge in [-0.15, -0.1) is 0 Å². The molecule has 1 aliphatic rings. The molecule has 0 saturated heterocycles. The molecule has 0 aromatic carbocycles. The zero-order valence-corrected chi connectivity index (χ0v) is 5.82. The first-order valence-corrected chi connectivity index (χ1v) is 3.37. The molecule has 0 spiro atoms. The van der Waals surface area contributed by atoms with E-state index < -0.39 is 0 Å². The summed E-state index contributed by atoms with van der Waals surface area (Å²) in [4.78, 5) is 19.1. The second kappa shape index (κ2) is 2.27. The van der Waals surface area contributed by atoms with Gasteiger partial charge in [0.1, 0.15) is 0 Å². The SMILES string of the molecule is O=C1CC=Nc2ccncc21. The van der Waals surface area contributed by atoms with Crippen LogP contribution in [0.1, 0.15) is 16.8 Å². The number of aliphatic imine (C=N–C) groups is 1. The van der Waals surface area contributed by atoms with Crippen molar-refractivity contribution in [3.05, 3.63) is 24.0 Å². The van der Waals surface area contributed by atoms with Gasteiger partial charge in [-0.2, -0.15) is 0 Å². The van der Waals surface area contributed by atoms with Crippen molar-refractivity contribution in [1.82, 2.24) is 4.98 Å². The zero-order chi connectivity index (χ0) is 7.68.